The standard InChI is InChI=1S/C19H20Cl2N2O/c1-13-3-6-18(14(2)11-13)22-7-9-23(10-8-22)19(24)16-5-4-15(20)12-17(16)21/h3-6,11-12H,7-10H2,1-2H3. The van der Waals surface area contributed by atoms with E-state index in [9.17, 15) is 4.79 Å². The molecule has 0 spiro atoms. The molecule has 0 unspecified atom stereocenters. The SMILES string of the molecule is Cc1ccc(N2CCN(C(=O)c3ccc(Cl)cc3Cl)CC2)c(C)c1. The Morgan fingerprint density at radius 2 is 1.67 bits per heavy atom. The van der Waals surface area contributed by atoms with E-state index in [0.717, 1.165) is 13.1 Å². The average molecular weight is 363 g/mol. The minimum absolute atomic E-state index is 0.0306. The third-order valence-electron chi connectivity index (χ3n) is 4.42. The van der Waals surface area contributed by atoms with Crippen molar-refractivity contribution < 1.29 is 4.79 Å². The monoisotopic (exact) mass is 362 g/mol. The third kappa shape index (κ3) is 3.52. The molecule has 0 aromatic heterocycles. The zero-order chi connectivity index (χ0) is 17.3. The van der Waals surface area contributed by atoms with E-state index in [4.69, 9.17) is 23.2 Å². The van der Waals surface area contributed by atoms with Crippen LogP contribution < -0.4 is 4.90 Å². The summed E-state index contributed by atoms with van der Waals surface area (Å²) in [5.41, 5.74) is 4.30. The van der Waals surface area contributed by atoms with Crippen LogP contribution in [0.15, 0.2) is 36.4 Å². The summed E-state index contributed by atoms with van der Waals surface area (Å²) in [6.45, 7) is 7.24. The highest BCUT2D eigenvalue weighted by Gasteiger charge is 2.24. The van der Waals surface area contributed by atoms with Crippen LogP contribution in [-0.2, 0) is 0 Å². The highest BCUT2D eigenvalue weighted by molar-refractivity contribution is 6.36. The molecule has 2 aromatic carbocycles. The van der Waals surface area contributed by atoms with E-state index in [2.05, 4.69) is 36.9 Å². The van der Waals surface area contributed by atoms with Crippen LogP contribution >= 0.6 is 23.2 Å². The van der Waals surface area contributed by atoms with Gasteiger partial charge in [-0.1, -0.05) is 40.9 Å². The highest BCUT2D eigenvalue weighted by atomic mass is 35.5. The Labute approximate surface area is 152 Å². The molecule has 0 saturated carbocycles. The van der Waals surface area contributed by atoms with Crippen LogP contribution in [-0.4, -0.2) is 37.0 Å². The van der Waals surface area contributed by atoms with E-state index in [-0.39, 0.29) is 5.91 Å². The van der Waals surface area contributed by atoms with E-state index in [1.807, 2.05) is 4.90 Å². The topological polar surface area (TPSA) is 23.6 Å². The number of hydrogen-bond acceptors (Lipinski definition) is 2. The molecule has 1 aliphatic rings. The van der Waals surface area contributed by atoms with Gasteiger partial charge in [-0.25, -0.2) is 0 Å². The Morgan fingerprint density at radius 1 is 0.958 bits per heavy atom. The first kappa shape index (κ1) is 17.1. The fourth-order valence-corrected chi connectivity index (χ4v) is 3.63. The molecule has 3 nitrogen and oxygen atoms in total. The van der Waals surface area contributed by atoms with Gasteiger partial charge in [0.15, 0.2) is 0 Å². The number of carbonyl (C=O) groups excluding carboxylic acids is 1. The minimum atomic E-state index is -0.0306. The second-order valence-corrected chi connectivity index (χ2v) is 7.04. The van der Waals surface area contributed by atoms with Gasteiger partial charge in [0.25, 0.3) is 5.91 Å². The normalized spacial score (nSPS) is 14.8. The first-order valence-corrected chi connectivity index (χ1v) is 8.78. The van der Waals surface area contributed by atoms with E-state index >= 15 is 0 Å². The second-order valence-electron chi connectivity index (χ2n) is 6.19. The van der Waals surface area contributed by atoms with Gasteiger partial charge in [0, 0.05) is 36.9 Å². The number of aryl methyl sites for hydroxylation is 2. The zero-order valence-electron chi connectivity index (χ0n) is 13.9. The number of rotatable bonds is 2. The number of anilines is 1. The first-order valence-electron chi connectivity index (χ1n) is 8.02. The lowest BCUT2D eigenvalue weighted by molar-refractivity contribution is 0.0747. The average Bonchev–Trinajstić information content (AvgIpc) is 2.54. The smallest absolute Gasteiger partial charge is 0.255 e. The van der Waals surface area contributed by atoms with Gasteiger partial charge in [0.1, 0.15) is 0 Å². The van der Waals surface area contributed by atoms with Crippen molar-refractivity contribution in [2.75, 3.05) is 31.1 Å². The summed E-state index contributed by atoms with van der Waals surface area (Å²) in [4.78, 5) is 16.9. The summed E-state index contributed by atoms with van der Waals surface area (Å²) >= 11 is 12.1. The number of amides is 1. The number of piperazine rings is 1. The fourth-order valence-electron chi connectivity index (χ4n) is 3.14. The van der Waals surface area contributed by atoms with Crippen LogP contribution in [0.4, 0.5) is 5.69 Å². The maximum atomic E-state index is 12.7. The molecule has 0 bridgehead atoms. The molecule has 126 valence electrons. The number of benzene rings is 2. The Bertz CT molecular complexity index is 768. The van der Waals surface area contributed by atoms with Crippen molar-refractivity contribution in [3.63, 3.8) is 0 Å². The van der Waals surface area contributed by atoms with Crippen molar-refractivity contribution in [1.29, 1.82) is 0 Å². The Morgan fingerprint density at radius 3 is 2.29 bits per heavy atom. The molecule has 0 atom stereocenters. The molecule has 1 fully saturated rings. The van der Waals surface area contributed by atoms with Gasteiger partial charge in [0.05, 0.1) is 10.6 Å². The molecule has 1 aliphatic heterocycles. The van der Waals surface area contributed by atoms with Gasteiger partial charge in [-0.15, -0.1) is 0 Å². The Balaban J connectivity index is 1.69. The summed E-state index contributed by atoms with van der Waals surface area (Å²) in [6.07, 6.45) is 0. The van der Waals surface area contributed by atoms with Crippen molar-refractivity contribution in [2.24, 2.45) is 0 Å². The molecule has 0 aliphatic carbocycles. The summed E-state index contributed by atoms with van der Waals surface area (Å²) in [5, 5.41) is 0.945. The van der Waals surface area contributed by atoms with Gasteiger partial charge in [-0.2, -0.15) is 0 Å². The molecule has 1 amide bonds. The fraction of sp³-hybridized carbons (Fsp3) is 0.316. The molecule has 0 N–H and O–H groups in total. The Hall–Kier alpha value is -1.71. The zero-order valence-corrected chi connectivity index (χ0v) is 15.4. The maximum absolute atomic E-state index is 12.7. The minimum Gasteiger partial charge on any atom is -0.368 e. The van der Waals surface area contributed by atoms with E-state index in [0.29, 0.717) is 28.7 Å². The van der Waals surface area contributed by atoms with Crippen molar-refractivity contribution in [3.05, 3.63) is 63.1 Å². The number of carbonyl (C=O) groups is 1. The summed E-state index contributed by atoms with van der Waals surface area (Å²) < 4.78 is 0. The Kier molecular flexibility index (Phi) is 5.02. The molecule has 3 rings (SSSR count). The number of halogens is 2. The predicted octanol–water partition coefficient (Wildman–Crippen LogP) is 4.57. The lowest BCUT2D eigenvalue weighted by Gasteiger charge is -2.37. The van der Waals surface area contributed by atoms with Crippen molar-refractivity contribution in [2.45, 2.75) is 13.8 Å². The van der Waals surface area contributed by atoms with Crippen LogP contribution in [0.3, 0.4) is 0 Å². The second kappa shape index (κ2) is 7.04. The van der Waals surface area contributed by atoms with Crippen molar-refractivity contribution in [3.8, 4) is 0 Å². The summed E-state index contributed by atoms with van der Waals surface area (Å²) in [5.74, 6) is -0.0306. The highest BCUT2D eigenvalue weighted by Crippen LogP contribution is 2.25. The molecule has 1 heterocycles. The van der Waals surface area contributed by atoms with Crippen molar-refractivity contribution >= 4 is 34.8 Å². The molecule has 1 saturated heterocycles. The van der Waals surface area contributed by atoms with Crippen molar-refractivity contribution in [1.82, 2.24) is 4.90 Å². The lowest BCUT2D eigenvalue weighted by atomic mass is 10.1. The van der Waals surface area contributed by atoms with Gasteiger partial charge in [0.2, 0.25) is 0 Å². The lowest BCUT2D eigenvalue weighted by Crippen LogP contribution is -2.49. The molecular formula is C19H20Cl2N2O. The number of nitrogens with zero attached hydrogens (tertiary/aromatic N) is 2. The first-order chi connectivity index (χ1) is 11.5. The third-order valence-corrected chi connectivity index (χ3v) is 4.97. The quantitative estimate of drug-likeness (QED) is 0.780. The van der Waals surface area contributed by atoms with Crippen LogP contribution in [0.5, 0.6) is 0 Å². The largest absolute Gasteiger partial charge is 0.368 e. The van der Waals surface area contributed by atoms with Gasteiger partial charge in [-0.3, -0.25) is 4.79 Å². The summed E-state index contributed by atoms with van der Waals surface area (Å²) in [6, 6.07) is 11.5. The van der Waals surface area contributed by atoms with Crippen LogP contribution in [0.25, 0.3) is 0 Å². The molecular weight excluding hydrogens is 343 g/mol. The van der Waals surface area contributed by atoms with E-state index in [1.165, 1.54) is 16.8 Å². The molecule has 2 aromatic rings. The molecule has 24 heavy (non-hydrogen) atoms. The van der Waals surface area contributed by atoms with Gasteiger partial charge in [-0.05, 0) is 43.7 Å². The van der Waals surface area contributed by atoms with Crippen LogP contribution in [0.1, 0.15) is 21.5 Å². The van der Waals surface area contributed by atoms with Crippen LogP contribution in [0.2, 0.25) is 10.0 Å². The molecule has 0 radical (unpaired) electrons. The van der Waals surface area contributed by atoms with E-state index < -0.39 is 0 Å². The molecule has 5 heteroatoms. The van der Waals surface area contributed by atoms with Crippen LogP contribution in [0, 0.1) is 13.8 Å². The predicted molar refractivity (Wildman–Crippen MR) is 100 cm³/mol. The van der Waals surface area contributed by atoms with Gasteiger partial charge >= 0.3 is 0 Å². The van der Waals surface area contributed by atoms with Gasteiger partial charge < -0.3 is 9.80 Å². The number of hydrogen-bond donors (Lipinski definition) is 0. The van der Waals surface area contributed by atoms with E-state index in [1.54, 1.807) is 18.2 Å². The maximum Gasteiger partial charge on any atom is 0.255 e. The summed E-state index contributed by atoms with van der Waals surface area (Å²) in [7, 11) is 0.